The molecule has 2 amide bonds. The van der Waals surface area contributed by atoms with Crippen molar-refractivity contribution in [2.24, 2.45) is 0 Å². The standard InChI is InChI=1S/C42H49N11O8S/c1-6-52-31(19-25(3)47-52)37(54)45-41-43-29-21-27(39(56)57)23-33(61-16-10-11-49-14-17-60-18-15-49)35(29)50(41)12-8-9-13-51-36-30(22-28(40(58)59)24-34(36)62-5)44-42(51)46-38(55)32-20-26(4)48-53(32)7-2/h8-9,19-24H,6-7,10-18H2,1-5H3,(H,56,57)(H,58,59)(H,43,45,54)(H,44,46,55)/b9-8+. The number of aromatic nitrogens is 8. The molecule has 7 rings (SSSR count). The fourth-order valence-electron chi connectivity index (χ4n) is 7.44. The number of nitrogens with zero attached hydrogens (tertiary/aromatic N) is 9. The van der Waals surface area contributed by atoms with Gasteiger partial charge in [0, 0.05) is 50.7 Å². The SMILES string of the molecule is CCn1nc(C)cc1C(=O)Nc1nc2cc(C(=O)O)cc(OCCCN3CCOCC3)c2n1C/C=C/Cn1c(NC(=O)c2cc(C)nn2CC)nc2cc(C(=O)O)cc(SC)c21. The third-order valence-corrected chi connectivity index (χ3v) is 11.1. The Bertz CT molecular complexity index is 2690. The first kappa shape index (κ1) is 43.6. The Labute approximate surface area is 360 Å². The fraction of sp³-hybridized carbons (Fsp3) is 0.381. The van der Waals surface area contributed by atoms with E-state index in [1.54, 1.807) is 50.5 Å². The molecular formula is C42H49N11O8S. The number of carbonyl (C=O) groups is 4. The molecule has 1 saturated heterocycles. The van der Waals surface area contributed by atoms with Gasteiger partial charge in [0.05, 0.1) is 58.9 Å². The lowest BCUT2D eigenvalue weighted by Gasteiger charge is -2.26. The Balaban J connectivity index is 1.25. The third kappa shape index (κ3) is 9.36. The van der Waals surface area contributed by atoms with Gasteiger partial charge in [-0.3, -0.25) is 34.5 Å². The van der Waals surface area contributed by atoms with Crippen LogP contribution >= 0.6 is 11.8 Å². The summed E-state index contributed by atoms with van der Waals surface area (Å²) in [5.74, 6) is -2.49. The average Bonchev–Trinajstić information content (AvgIpc) is 4.03. The van der Waals surface area contributed by atoms with E-state index >= 15 is 0 Å². The highest BCUT2D eigenvalue weighted by molar-refractivity contribution is 7.98. The monoisotopic (exact) mass is 867 g/mol. The topological polar surface area (TPSA) is 226 Å². The highest BCUT2D eigenvalue weighted by Gasteiger charge is 2.24. The van der Waals surface area contributed by atoms with Crippen molar-refractivity contribution in [3.63, 3.8) is 0 Å². The predicted molar refractivity (Wildman–Crippen MR) is 233 cm³/mol. The molecule has 2 aromatic carbocycles. The first-order chi connectivity index (χ1) is 29.9. The minimum atomic E-state index is -1.16. The number of benzene rings is 2. The number of imidazole rings is 2. The van der Waals surface area contributed by atoms with Crippen LogP contribution in [0.3, 0.4) is 0 Å². The van der Waals surface area contributed by atoms with Gasteiger partial charge >= 0.3 is 11.9 Å². The molecule has 1 aliphatic heterocycles. The molecule has 62 heavy (non-hydrogen) atoms. The van der Waals surface area contributed by atoms with E-state index < -0.39 is 23.8 Å². The third-order valence-electron chi connectivity index (χ3n) is 10.4. The first-order valence-corrected chi connectivity index (χ1v) is 21.5. The van der Waals surface area contributed by atoms with E-state index in [1.165, 1.54) is 30.0 Å². The van der Waals surface area contributed by atoms with Gasteiger partial charge in [-0.1, -0.05) is 12.2 Å². The van der Waals surface area contributed by atoms with Crippen molar-refractivity contribution >= 4 is 69.5 Å². The number of aromatic carboxylic acids is 2. The maximum absolute atomic E-state index is 13.8. The normalized spacial score (nSPS) is 13.4. The molecule has 0 aliphatic carbocycles. The van der Waals surface area contributed by atoms with E-state index in [-0.39, 0.29) is 36.1 Å². The van der Waals surface area contributed by atoms with Crippen molar-refractivity contribution in [3.05, 3.63) is 82.5 Å². The summed E-state index contributed by atoms with van der Waals surface area (Å²) in [6.45, 7) is 12.7. The molecule has 4 aromatic heterocycles. The van der Waals surface area contributed by atoms with Crippen LogP contribution in [0.25, 0.3) is 22.1 Å². The Kier molecular flexibility index (Phi) is 13.4. The largest absolute Gasteiger partial charge is 0.491 e. The summed E-state index contributed by atoms with van der Waals surface area (Å²) in [6, 6.07) is 9.33. The average molecular weight is 868 g/mol. The summed E-state index contributed by atoms with van der Waals surface area (Å²) in [7, 11) is 0. The van der Waals surface area contributed by atoms with E-state index in [9.17, 15) is 29.4 Å². The summed E-state index contributed by atoms with van der Waals surface area (Å²) < 4.78 is 18.5. The number of nitrogens with one attached hydrogen (secondary N) is 2. The van der Waals surface area contributed by atoms with Gasteiger partial charge < -0.3 is 28.8 Å². The molecule has 0 spiro atoms. The van der Waals surface area contributed by atoms with Gasteiger partial charge in [0.2, 0.25) is 11.9 Å². The van der Waals surface area contributed by atoms with E-state index in [4.69, 9.17) is 19.4 Å². The molecule has 1 fully saturated rings. The molecule has 20 heteroatoms. The maximum Gasteiger partial charge on any atom is 0.335 e. The Hall–Kier alpha value is -6.51. The molecule has 6 aromatic rings. The quantitative estimate of drug-likeness (QED) is 0.0481. The number of hydrogen-bond acceptors (Lipinski definition) is 12. The number of carboxylic acid groups (broad SMARTS) is 2. The van der Waals surface area contributed by atoms with Gasteiger partial charge in [-0.15, -0.1) is 11.8 Å². The highest BCUT2D eigenvalue weighted by atomic mass is 32.2. The molecule has 1 aliphatic rings. The van der Waals surface area contributed by atoms with E-state index in [1.807, 2.05) is 32.3 Å². The molecule has 19 nitrogen and oxygen atoms in total. The second-order valence-corrected chi connectivity index (χ2v) is 15.4. The first-order valence-electron chi connectivity index (χ1n) is 20.3. The molecule has 326 valence electrons. The second-order valence-electron chi connectivity index (χ2n) is 14.6. The van der Waals surface area contributed by atoms with Crippen molar-refractivity contribution in [2.75, 3.05) is 56.3 Å². The number of thioether (sulfide) groups is 1. The predicted octanol–water partition coefficient (Wildman–Crippen LogP) is 5.42. The van der Waals surface area contributed by atoms with Crippen LogP contribution in [0.2, 0.25) is 0 Å². The molecule has 0 atom stereocenters. The Morgan fingerprint density at radius 2 is 1.29 bits per heavy atom. The van der Waals surface area contributed by atoms with E-state index in [0.717, 1.165) is 19.6 Å². The fourth-order valence-corrected chi connectivity index (χ4v) is 8.10. The van der Waals surface area contributed by atoms with Crippen LogP contribution in [-0.2, 0) is 30.9 Å². The Morgan fingerprint density at radius 1 is 0.774 bits per heavy atom. The number of amides is 2. The summed E-state index contributed by atoms with van der Waals surface area (Å²) in [5, 5.41) is 34.6. The minimum absolute atomic E-state index is 0.0206. The van der Waals surface area contributed by atoms with Crippen LogP contribution in [0.15, 0.2) is 53.4 Å². The van der Waals surface area contributed by atoms with Gasteiger partial charge in [0.1, 0.15) is 22.7 Å². The number of carbonyl (C=O) groups excluding carboxylic acids is 2. The number of rotatable bonds is 18. The van der Waals surface area contributed by atoms with Crippen LogP contribution in [0.1, 0.15) is 73.3 Å². The van der Waals surface area contributed by atoms with Gasteiger partial charge in [-0.05, 0) is 76.8 Å². The van der Waals surface area contributed by atoms with Crippen LogP contribution in [0, 0.1) is 13.8 Å². The minimum Gasteiger partial charge on any atom is -0.491 e. The zero-order chi connectivity index (χ0) is 44.1. The van der Waals surface area contributed by atoms with Crippen LogP contribution in [-0.4, -0.2) is 123 Å². The Morgan fingerprint density at radius 3 is 1.81 bits per heavy atom. The molecule has 5 heterocycles. The number of aryl methyl sites for hydroxylation is 4. The lowest BCUT2D eigenvalue weighted by molar-refractivity contribution is 0.0358. The molecule has 4 N–H and O–H groups in total. The van der Waals surface area contributed by atoms with Gasteiger partial charge in [0.15, 0.2) is 0 Å². The summed E-state index contributed by atoms with van der Waals surface area (Å²) in [6.07, 6.45) is 6.22. The number of fused-ring (bicyclic) bond motifs is 2. The van der Waals surface area contributed by atoms with Crippen molar-refractivity contribution in [1.82, 2.24) is 43.6 Å². The maximum atomic E-state index is 13.8. The van der Waals surface area contributed by atoms with Gasteiger partial charge in [0.25, 0.3) is 11.8 Å². The second kappa shape index (κ2) is 19.0. The van der Waals surface area contributed by atoms with Crippen LogP contribution < -0.4 is 15.4 Å². The number of hydrogen-bond donors (Lipinski definition) is 4. The van der Waals surface area contributed by atoms with Crippen LogP contribution in [0.5, 0.6) is 5.75 Å². The molecule has 0 saturated carbocycles. The van der Waals surface area contributed by atoms with Crippen molar-refractivity contribution < 1.29 is 38.9 Å². The van der Waals surface area contributed by atoms with E-state index in [0.29, 0.717) is 94.8 Å². The smallest absolute Gasteiger partial charge is 0.335 e. The number of ether oxygens (including phenoxy) is 2. The summed E-state index contributed by atoms with van der Waals surface area (Å²) in [5.41, 5.74) is 3.87. The van der Waals surface area contributed by atoms with Crippen molar-refractivity contribution in [1.29, 1.82) is 0 Å². The lowest BCUT2D eigenvalue weighted by Crippen LogP contribution is -2.37. The van der Waals surface area contributed by atoms with Crippen molar-refractivity contribution in [2.45, 2.75) is 65.2 Å². The summed E-state index contributed by atoms with van der Waals surface area (Å²) >= 11 is 1.35. The number of anilines is 2. The van der Waals surface area contributed by atoms with E-state index in [2.05, 4.69) is 25.7 Å². The van der Waals surface area contributed by atoms with Gasteiger partial charge in [-0.2, -0.15) is 10.2 Å². The summed E-state index contributed by atoms with van der Waals surface area (Å²) in [4.78, 5) is 64.2. The molecule has 0 radical (unpaired) electrons. The zero-order valence-electron chi connectivity index (χ0n) is 35.2. The molecule has 0 bridgehead atoms. The number of morpholine rings is 1. The highest BCUT2D eigenvalue weighted by Crippen LogP contribution is 2.33. The lowest BCUT2D eigenvalue weighted by atomic mass is 10.2. The van der Waals surface area contributed by atoms with Crippen molar-refractivity contribution in [3.8, 4) is 5.75 Å². The number of allylic oxidation sites excluding steroid dienone is 2. The van der Waals surface area contributed by atoms with Gasteiger partial charge in [-0.25, -0.2) is 19.6 Å². The zero-order valence-corrected chi connectivity index (χ0v) is 36.0. The number of carboxylic acids is 2. The molecular weight excluding hydrogens is 819 g/mol. The molecule has 0 unspecified atom stereocenters. The van der Waals surface area contributed by atoms with Crippen LogP contribution in [0.4, 0.5) is 11.9 Å².